The molecule has 0 amide bonds. The van der Waals surface area contributed by atoms with Gasteiger partial charge in [-0.3, -0.25) is 4.68 Å². The molecule has 0 atom stereocenters. The lowest BCUT2D eigenvalue weighted by Gasteiger charge is -2.09. The van der Waals surface area contributed by atoms with Gasteiger partial charge in [-0.25, -0.2) is 14.4 Å². The first-order valence-corrected chi connectivity index (χ1v) is 9.66. The summed E-state index contributed by atoms with van der Waals surface area (Å²) in [5.41, 5.74) is 5.10. The number of aromatic amines is 1. The summed E-state index contributed by atoms with van der Waals surface area (Å²) in [6.07, 6.45) is 8.64. The first-order chi connectivity index (χ1) is 15.0. The number of aryl methyl sites for hydroxylation is 2. The van der Waals surface area contributed by atoms with Crippen molar-refractivity contribution in [3.63, 3.8) is 0 Å². The van der Waals surface area contributed by atoms with Gasteiger partial charge in [0.15, 0.2) is 0 Å². The van der Waals surface area contributed by atoms with E-state index in [0.29, 0.717) is 17.5 Å². The largest absolute Gasteiger partial charge is 0.478 e. The third-order valence-electron chi connectivity index (χ3n) is 5.09. The van der Waals surface area contributed by atoms with Gasteiger partial charge in [0.25, 0.3) is 5.88 Å². The molecule has 2 N–H and O–H groups in total. The Hall–Kier alpha value is -4.14. The number of para-hydroxylation sites is 1. The summed E-state index contributed by atoms with van der Waals surface area (Å²) in [7, 11) is 3.38. The molecule has 5 rings (SSSR count). The number of fused-ring (bicyclic) bond motifs is 1. The van der Waals surface area contributed by atoms with Crippen molar-refractivity contribution in [1.82, 2.24) is 29.3 Å². The number of halogens is 1. The second-order valence-corrected chi connectivity index (χ2v) is 7.21. The molecular formula is C22H20FN7O. The number of nitrogens with zero attached hydrogens (tertiary/aromatic N) is 5. The number of aromatic nitrogens is 6. The van der Waals surface area contributed by atoms with E-state index in [0.717, 1.165) is 33.4 Å². The summed E-state index contributed by atoms with van der Waals surface area (Å²) >= 11 is 0. The molecule has 4 aromatic heterocycles. The van der Waals surface area contributed by atoms with Crippen LogP contribution in [0.5, 0.6) is 5.88 Å². The van der Waals surface area contributed by atoms with Crippen molar-refractivity contribution in [2.24, 2.45) is 7.05 Å². The maximum Gasteiger partial charge on any atom is 0.256 e. The number of ether oxygens (including phenoxy) is 1. The van der Waals surface area contributed by atoms with Gasteiger partial charge in [0.1, 0.15) is 11.5 Å². The Bertz CT molecular complexity index is 1400. The van der Waals surface area contributed by atoms with E-state index in [1.165, 1.54) is 12.3 Å². The predicted molar refractivity (Wildman–Crippen MR) is 116 cm³/mol. The predicted octanol–water partition coefficient (Wildman–Crippen LogP) is 4.35. The molecule has 0 aliphatic carbocycles. The lowest BCUT2D eigenvalue weighted by Crippen LogP contribution is -2.00. The van der Waals surface area contributed by atoms with Gasteiger partial charge in [0.05, 0.1) is 30.2 Å². The van der Waals surface area contributed by atoms with Crippen LogP contribution in [-0.2, 0) is 7.05 Å². The zero-order valence-corrected chi connectivity index (χ0v) is 17.2. The molecule has 0 saturated heterocycles. The van der Waals surface area contributed by atoms with Crippen LogP contribution in [0.15, 0.2) is 55.2 Å². The molecule has 31 heavy (non-hydrogen) atoms. The molecule has 4 heterocycles. The maximum absolute atomic E-state index is 13.5. The molecular weight excluding hydrogens is 397 g/mol. The topological polar surface area (TPSA) is 85.6 Å². The minimum absolute atomic E-state index is 0.281. The molecule has 1 aromatic carbocycles. The Morgan fingerprint density at radius 1 is 1.19 bits per heavy atom. The standard InChI is InChI=1S/C22H20FN7O/c1-13-9-25-22(26-17-12-29(2)28-21(17)31-3)27-19(13)16-10-24-20-15(16)5-4-6-18(20)30-8-7-14(23)11-30/h4-12,24H,1-3H3,(H,25,26,27). The molecule has 0 fully saturated rings. The summed E-state index contributed by atoms with van der Waals surface area (Å²) in [5.74, 6) is 0.616. The minimum atomic E-state index is -0.281. The van der Waals surface area contributed by atoms with Crippen LogP contribution in [0.4, 0.5) is 16.0 Å². The molecule has 0 bridgehead atoms. The Labute approximate surface area is 177 Å². The molecule has 5 aromatic rings. The molecule has 0 saturated carbocycles. The van der Waals surface area contributed by atoms with Crippen LogP contribution in [0.2, 0.25) is 0 Å². The lowest BCUT2D eigenvalue weighted by atomic mass is 10.1. The summed E-state index contributed by atoms with van der Waals surface area (Å²) in [6.45, 7) is 1.97. The van der Waals surface area contributed by atoms with Crippen molar-refractivity contribution in [2.45, 2.75) is 6.92 Å². The normalized spacial score (nSPS) is 11.2. The highest BCUT2D eigenvalue weighted by Gasteiger charge is 2.16. The number of H-pyrrole nitrogens is 1. The Balaban J connectivity index is 1.58. The fourth-order valence-electron chi connectivity index (χ4n) is 3.67. The average Bonchev–Trinajstić information content (AvgIpc) is 3.47. The van der Waals surface area contributed by atoms with Gasteiger partial charge in [0.2, 0.25) is 5.95 Å². The number of hydrogen-bond acceptors (Lipinski definition) is 5. The van der Waals surface area contributed by atoms with Crippen LogP contribution in [0.3, 0.4) is 0 Å². The lowest BCUT2D eigenvalue weighted by molar-refractivity contribution is 0.393. The maximum atomic E-state index is 13.5. The highest BCUT2D eigenvalue weighted by molar-refractivity contribution is 5.99. The fraction of sp³-hybridized carbons (Fsp3) is 0.136. The van der Waals surface area contributed by atoms with E-state index in [4.69, 9.17) is 9.72 Å². The SMILES string of the molecule is COc1nn(C)cc1Nc1ncc(C)c(-c2c[nH]c3c(-n4ccc(F)c4)cccc23)n1. The molecule has 9 heteroatoms. The second-order valence-electron chi connectivity index (χ2n) is 7.21. The van der Waals surface area contributed by atoms with Gasteiger partial charge >= 0.3 is 0 Å². The van der Waals surface area contributed by atoms with E-state index in [1.807, 2.05) is 38.4 Å². The van der Waals surface area contributed by atoms with Crippen molar-refractivity contribution in [2.75, 3.05) is 12.4 Å². The van der Waals surface area contributed by atoms with E-state index in [9.17, 15) is 4.39 Å². The summed E-state index contributed by atoms with van der Waals surface area (Å²) in [5, 5.41) is 8.40. The number of rotatable bonds is 5. The van der Waals surface area contributed by atoms with Gasteiger partial charge in [-0.05, 0) is 24.6 Å². The number of benzene rings is 1. The molecule has 0 aliphatic rings. The number of hydrogen-bond donors (Lipinski definition) is 2. The Morgan fingerprint density at radius 2 is 2.06 bits per heavy atom. The van der Waals surface area contributed by atoms with Crippen molar-refractivity contribution < 1.29 is 9.13 Å². The molecule has 0 aliphatic heterocycles. The van der Waals surface area contributed by atoms with Crippen molar-refractivity contribution in [1.29, 1.82) is 0 Å². The first-order valence-electron chi connectivity index (χ1n) is 9.66. The van der Waals surface area contributed by atoms with Crippen LogP contribution in [0, 0.1) is 12.7 Å². The van der Waals surface area contributed by atoms with Crippen molar-refractivity contribution in [3.05, 3.63) is 66.6 Å². The van der Waals surface area contributed by atoms with E-state index < -0.39 is 0 Å². The van der Waals surface area contributed by atoms with E-state index in [1.54, 1.807) is 34.9 Å². The first kappa shape index (κ1) is 18.9. The van der Waals surface area contributed by atoms with Crippen LogP contribution in [0.25, 0.3) is 27.8 Å². The molecule has 0 radical (unpaired) electrons. The van der Waals surface area contributed by atoms with Gasteiger partial charge in [-0.1, -0.05) is 12.1 Å². The van der Waals surface area contributed by atoms with Crippen LogP contribution in [-0.4, -0.2) is 36.4 Å². The minimum Gasteiger partial charge on any atom is -0.478 e. The van der Waals surface area contributed by atoms with Gasteiger partial charge in [-0.15, -0.1) is 5.10 Å². The third-order valence-corrected chi connectivity index (χ3v) is 5.09. The molecule has 0 unspecified atom stereocenters. The van der Waals surface area contributed by atoms with Crippen molar-refractivity contribution in [3.8, 4) is 22.8 Å². The summed E-state index contributed by atoms with van der Waals surface area (Å²) < 4.78 is 22.3. The number of anilines is 2. The number of nitrogens with one attached hydrogen (secondary N) is 2. The van der Waals surface area contributed by atoms with Crippen LogP contribution < -0.4 is 10.1 Å². The monoisotopic (exact) mass is 417 g/mol. The van der Waals surface area contributed by atoms with E-state index in [2.05, 4.69) is 20.4 Å². The van der Waals surface area contributed by atoms with E-state index in [-0.39, 0.29) is 5.82 Å². The zero-order chi connectivity index (χ0) is 21.5. The summed E-state index contributed by atoms with van der Waals surface area (Å²) in [4.78, 5) is 12.5. The molecule has 0 spiro atoms. The molecule has 8 nitrogen and oxygen atoms in total. The average molecular weight is 417 g/mol. The smallest absolute Gasteiger partial charge is 0.256 e. The zero-order valence-electron chi connectivity index (χ0n) is 17.2. The van der Waals surface area contributed by atoms with Gasteiger partial charge in [0, 0.05) is 42.8 Å². The Kier molecular flexibility index (Phi) is 4.43. The van der Waals surface area contributed by atoms with Crippen molar-refractivity contribution >= 4 is 22.5 Å². The Morgan fingerprint density at radius 3 is 2.84 bits per heavy atom. The highest BCUT2D eigenvalue weighted by atomic mass is 19.1. The number of methoxy groups -OCH3 is 1. The van der Waals surface area contributed by atoms with E-state index >= 15 is 0 Å². The highest BCUT2D eigenvalue weighted by Crippen LogP contribution is 2.33. The van der Waals surface area contributed by atoms with Crippen LogP contribution in [0.1, 0.15) is 5.56 Å². The summed E-state index contributed by atoms with van der Waals surface area (Å²) in [6, 6.07) is 7.34. The quantitative estimate of drug-likeness (QED) is 0.444. The fourth-order valence-corrected chi connectivity index (χ4v) is 3.67. The molecule has 156 valence electrons. The van der Waals surface area contributed by atoms with Gasteiger partial charge in [-0.2, -0.15) is 0 Å². The second kappa shape index (κ2) is 7.28. The van der Waals surface area contributed by atoms with Crippen LogP contribution >= 0.6 is 0 Å². The van der Waals surface area contributed by atoms with Gasteiger partial charge < -0.3 is 19.6 Å². The third kappa shape index (κ3) is 3.29.